The Morgan fingerprint density at radius 2 is 2.00 bits per heavy atom. The fourth-order valence-electron chi connectivity index (χ4n) is 1.72. The van der Waals surface area contributed by atoms with Crippen LogP contribution in [0.5, 0.6) is 0 Å². The number of benzene rings is 1. The molecule has 0 atom stereocenters. The summed E-state index contributed by atoms with van der Waals surface area (Å²) in [5.41, 5.74) is 1.11. The zero-order valence-electron chi connectivity index (χ0n) is 12.2. The summed E-state index contributed by atoms with van der Waals surface area (Å²) in [6.07, 6.45) is 0. The Balaban J connectivity index is 2.09. The number of rotatable bonds is 5. The molecule has 0 fully saturated rings. The maximum Gasteiger partial charge on any atom is 0.360 e. The summed E-state index contributed by atoms with van der Waals surface area (Å²) in [6, 6.07) is 9.63. The highest BCUT2D eigenvalue weighted by molar-refractivity contribution is 8.14. The third-order valence-electron chi connectivity index (χ3n) is 2.76. The standard InChI is InChI=1S/C15H14Cl3NO3S/c1-10-19-13(14(20)22-9-15(16,17)18)12(8-23-10)21-7-11-5-3-2-4-6-11/h2-6H,7-9H2,1H3. The molecule has 0 amide bonds. The van der Waals surface area contributed by atoms with Gasteiger partial charge in [-0.25, -0.2) is 9.79 Å². The average molecular weight is 395 g/mol. The van der Waals surface area contributed by atoms with Crippen molar-refractivity contribution in [3.63, 3.8) is 0 Å². The average Bonchev–Trinajstić information content (AvgIpc) is 2.51. The van der Waals surface area contributed by atoms with Gasteiger partial charge in [-0.05, 0) is 12.5 Å². The summed E-state index contributed by atoms with van der Waals surface area (Å²) < 4.78 is 9.06. The lowest BCUT2D eigenvalue weighted by Crippen LogP contribution is -2.21. The maximum atomic E-state index is 12.2. The Bertz CT molecular complexity index is 627. The molecule has 0 saturated carbocycles. The molecule has 1 aliphatic heterocycles. The third kappa shape index (κ3) is 6.26. The molecule has 0 aromatic heterocycles. The third-order valence-corrected chi connectivity index (χ3v) is 4.00. The number of hydrogen-bond acceptors (Lipinski definition) is 5. The first-order valence-corrected chi connectivity index (χ1v) is 8.79. The molecule has 0 bridgehead atoms. The predicted molar refractivity (Wildman–Crippen MR) is 95.1 cm³/mol. The maximum absolute atomic E-state index is 12.2. The molecule has 1 aliphatic rings. The Morgan fingerprint density at radius 3 is 2.65 bits per heavy atom. The molecule has 0 saturated heterocycles. The van der Waals surface area contributed by atoms with Gasteiger partial charge in [0.25, 0.3) is 0 Å². The molecule has 0 aliphatic carbocycles. The summed E-state index contributed by atoms with van der Waals surface area (Å²) in [5.74, 6) is 0.290. The fourth-order valence-corrected chi connectivity index (χ4v) is 2.60. The van der Waals surface area contributed by atoms with Crippen LogP contribution in [0.1, 0.15) is 12.5 Å². The lowest BCUT2D eigenvalue weighted by atomic mass is 10.2. The number of ether oxygens (including phenoxy) is 2. The van der Waals surface area contributed by atoms with E-state index in [1.165, 1.54) is 11.8 Å². The molecular weight excluding hydrogens is 381 g/mol. The minimum atomic E-state index is -1.66. The van der Waals surface area contributed by atoms with Gasteiger partial charge in [0.1, 0.15) is 19.0 Å². The second kappa shape index (κ2) is 8.29. The summed E-state index contributed by atoms with van der Waals surface area (Å²) in [7, 11) is 0. The van der Waals surface area contributed by atoms with Crippen molar-refractivity contribution in [2.45, 2.75) is 17.3 Å². The van der Waals surface area contributed by atoms with Crippen molar-refractivity contribution in [1.82, 2.24) is 0 Å². The molecule has 0 N–H and O–H groups in total. The number of nitrogens with zero attached hydrogens (tertiary/aromatic N) is 1. The summed E-state index contributed by atoms with van der Waals surface area (Å²) in [4.78, 5) is 16.4. The van der Waals surface area contributed by atoms with Crippen LogP contribution in [-0.4, -0.2) is 27.2 Å². The minimum Gasteiger partial charge on any atom is -0.490 e. The van der Waals surface area contributed by atoms with Crippen molar-refractivity contribution in [3.8, 4) is 0 Å². The number of hydrogen-bond donors (Lipinski definition) is 0. The van der Waals surface area contributed by atoms with Crippen molar-refractivity contribution in [2.24, 2.45) is 4.99 Å². The van der Waals surface area contributed by atoms with Gasteiger partial charge < -0.3 is 9.47 Å². The molecule has 1 aromatic carbocycles. The lowest BCUT2D eigenvalue weighted by Gasteiger charge is -2.18. The second-order valence-electron chi connectivity index (χ2n) is 4.66. The van der Waals surface area contributed by atoms with Gasteiger partial charge in [0.15, 0.2) is 5.70 Å². The van der Waals surface area contributed by atoms with Crippen molar-refractivity contribution in [2.75, 3.05) is 12.4 Å². The Kier molecular flexibility index (Phi) is 6.65. The molecule has 8 heteroatoms. The number of aliphatic imine (C=N–C) groups is 1. The number of carbonyl (C=O) groups excluding carboxylic acids is 1. The highest BCUT2D eigenvalue weighted by atomic mass is 35.6. The van der Waals surface area contributed by atoms with E-state index < -0.39 is 9.76 Å². The van der Waals surface area contributed by atoms with Crippen LogP contribution in [0, 0.1) is 0 Å². The first-order valence-electron chi connectivity index (χ1n) is 6.67. The van der Waals surface area contributed by atoms with E-state index in [1.807, 2.05) is 30.3 Å². The van der Waals surface area contributed by atoms with E-state index in [1.54, 1.807) is 6.92 Å². The molecule has 0 unspecified atom stereocenters. The van der Waals surface area contributed by atoms with Gasteiger partial charge in [-0.3, -0.25) is 0 Å². The van der Waals surface area contributed by atoms with Gasteiger partial charge in [-0.1, -0.05) is 65.1 Å². The summed E-state index contributed by atoms with van der Waals surface area (Å²) >= 11 is 18.3. The topological polar surface area (TPSA) is 47.9 Å². The van der Waals surface area contributed by atoms with Crippen LogP contribution in [0.2, 0.25) is 0 Å². The van der Waals surface area contributed by atoms with Gasteiger partial charge in [0, 0.05) is 0 Å². The van der Waals surface area contributed by atoms with E-state index in [0.717, 1.165) is 10.6 Å². The van der Waals surface area contributed by atoms with E-state index in [2.05, 4.69) is 4.99 Å². The number of halogens is 3. The van der Waals surface area contributed by atoms with Crippen molar-refractivity contribution < 1.29 is 14.3 Å². The van der Waals surface area contributed by atoms with E-state index in [-0.39, 0.29) is 12.3 Å². The quantitative estimate of drug-likeness (QED) is 0.545. The molecular formula is C15H14Cl3NO3S. The normalized spacial score (nSPS) is 15.2. The van der Waals surface area contributed by atoms with Gasteiger partial charge in [-0.2, -0.15) is 0 Å². The van der Waals surface area contributed by atoms with Gasteiger partial charge in [-0.15, -0.1) is 11.8 Å². The number of thioether (sulfide) groups is 1. The Hall–Kier alpha value is -0.880. The van der Waals surface area contributed by atoms with Gasteiger partial charge in [0.05, 0.1) is 10.8 Å². The molecule has 23 heavy (non-hydrogen) atoms. The number of esters is 1. The highest BCUT2D eigenvalue weighted by Gasteiger charge is 2.27. The predicted octanol–water partition coefficient (Wildman–Crippen LogP) is 4.49. The highest BCUT2D eigenvalue weighted by Crippen LogP contribution is 2.28. The van der Waals surface area contributed by atoms with Gasteiger partial charge >= 0.3 is 5.97 Å². The number of alkyl halides is 3. The van der Waals surface area contributed by atoms with Crippen LogP contribution in [0.25, 0.3) is 0 Å². The van der Waals surface area contributed by atoms with Crippen molar-refractivity contribution in [3.05, 3.63) is 47.4 Å². The molecule has 0 radical (unpaired) electrons. The van der Waals surface area contributed by atoms with Crippen LogP contribution in [-0.2, 0) is 20.9 Å². The van der Waals surface area contributed by atoms with Crippen LogP contribution in [0.15, 0.2) is 46.8 Å². The molecule has 0 spiro atoms. The number of carbonyl (C=O) groups is 1. The smallest absolute Gasteiger partial charge is 0.360 e. The molecule has 2 rings (SSSR count). The van der Waals surface area contributed by atoms with E-state index in [4.69, 9.17) is 44.3 Å². The SMILES string of the molecule is CC1=NC(C(=O)OCC(Cl)(Cl)Cl)=C(OCc2ccccc2)CS1. The zero-order valence-corrected chi connectivity index (χ0v) is 15.3. The van der Waals surface area contributed by atoms with E-state index in [9.17, 15) is 4.79 Å². The molecule has 124 valence electrons. The molecule has 1 heterocycles. The zero-order chi connectivity index (χ0) is 16.9. The Morgan fingerprint density at radius 1 is 1.30 bits per heavy atom. The largest absolute Gasteiger partial charge is 0.490 e. The first-order chi connectivity index (χ1) is 10.8. The monoisotopic (exact) mass is 393 g/mol. The molecule has 1 aromatic rings. The van der Waals surface area contributed by atoms with Crippen LogP contribution >= 0.6 is 46.6 Å². The first kappa shape index (κ1) is 18.5. The lowest BCUT2D eigenvalue weighted by molar-refractivity contribution is -0.139. The fraction of sp³-hybridized carbons (Fsp3) is 0.333. The van der Waals surface area contributed by atoms with E-state index in [0.29, 0.717) is 18.1 Å². The molecule has 4 nitrogen and oxygen atoms in total. The van der Waals surface area contributed by atoms with Crippen LogP contribution in [0.4, 0.5) is 0 Å². The van der Waals surface area contributed by atoms with Gasteiger partial charge in [0.2, 0.25) is 3.79 Å². The minimum absolute atomic E-state index is 0.117. The second-order valence-corrected chi connectivity index (χ2v) is 8.34. The van der Waals surface area contributed by atoms with Crippen LogP contribution in [0.3, 0.4) is 0 Å². The Labute approximate surface area is 153 Å². The summed E-state index contributed by atoms with van der Waals surface area (Å²) in [5, 5.41) is 0.748. The van der Waals surface area contributed by atoms with Crippen LogP contribution < -0.4 is 0 Å². The van der Waals surface area contributed by atoms with E-state index >= 15 is 0 Å². The summed E-state index contributed by atoms with van der Waals surface area (Å²) in [6.45, 7) is 1.79. The van der Waals surface area contributed by atoms with Crippen molar-refractivity contribution in [1.29, 1.82) is 0 Å². The van der Waals surface area contributed by atoms with Crippen molar-refractivity contribution >= 4 is 57.6 Å².